The summed E-state index contributed by atoms with van der Waals surface area (Å²) in [5, 5.41) is 103. The Bertz CT molecular complexity index is 1410. The molecule has 2 aromatic carbocycles. The average molecular weight is 931 g/mol. The van der Waals surface area contributed by atoms with Crippen LogP contribution in [0.15, 0.2) is 84.5 Å². The third-order valence-corrected chi connectivity index (χ3v) is 13.4. The molecule has 2 aromatic rings. The van der Waals surface area contributed by atoms with E-state index in [2.05, 4.69) is 61.5 Å². The lowest BCUT2D eigenvalue weighted by molar-refractivity contribution is 0.129. The molecule has 0 heterocycles. The predicted octanol–water partition coefficient (Wildman–Crippen LogP) is 7.29. The van der Waals surface area contributed by atoms with Crippen LogP contribution < -0.4 is 0 Å². The van der Waals surface area contributed by atoms with Gasteiger partial charge < -0.3 is 56.2 Å². The van der Waals surface area contributed by atoms with Gasteiger partial charge in [-0.2, -0.15) is 0 Å². The molecule has 0 saturated carbocycles. The van der Waals surface area contributed by atoms with Crippen LogP contribution in [-0.4, -0.2) is 129 Å². The Morgan fingerprint density at radius 3 is 1.23 bits per heavy atom. The molecule has 66 heavy (non-hydrogen) atoms. The smallest absolute Gasteiger partial charge is 0.0460 e. The number of aliphatic hydroxyl groups is 11. The zero-order valence-corrected chi connectivity index (χ0v) is 40.6. The van der Waals surface area contributed by atoms with E-state index in [1.165, 1.54) is 16.7 Å². The van der Waals surface area contributed by atoms with Gasteiger partial charge in [-0.05, 0) is 174 Å². The van der Waals surface area contributed by atoms with Crippen LogP contribution in [0.2, 0.25) is 0 Å². The molecular formula is C55H94O11. The van der Waals surface area contributed by atoms with Crippen molar-refractivity contribution in [1.29, 1.82) is 0 Å². The van der Waals surface area contributed by atoms with E-state index < -0.39 is 0 Å². The first-order chi connectivity index (χ1) is 32.2. The van der Waals surface area contributed by atoms with Gasteiger partial charge in [0.2, 0.25) is 0 Å². The lowest BCUT2D eigenvalue weighted by atomic mass is 9.80. The summed E-state index contributed by atoms with van der Waals surface area (Å²) in [4.78, 5) is 0. The molecule has 11 N–H and O–H groups in total. The Kier molecular flexibility index (Phi) is 38.6. The van der Waals surface area contributed by atoms with Gasteiger partial charge in [-0.1, -0.05) is 97.8 Å². The fraction of sp³-hybridized carbons (Fsp3) is 0.709. The Balaban J connectivity index is 0.000000495. The first-order valence-corrected chi connectivity index (χ1v) is 25.4. The lowest BCUT2D eigenvalue weighted by Crippen LogP contribution is -2.21. The fourth-order valence-electron chi connectivity index (χ4n) is 9.68. The second-order valence-corrected chi connectivity index (χ2v) is 18.7. The van der Waals surface area contributed by atoms with Crippen molar-refractivity contribution in [3.63, 3.8) is 0 Å². The van der Waals surface area contributed by atoms with Crippen molar-refractivity contribution in [3.05, 3.63) is 95.6 Å². The van der Waals surface area contributed by atoms with Crippen LogP contribution in [0.25, 0.3) is 0 Å². The summed E-state index contributed by atoms with van der Waals surface area (Å²) < 4.78 is 0. The van der Waals surface area contributed by atoms with Crippen LogP contribution in [0.5, 0.6) is 0 Å². The minimum atomic E-state index is 0.0383. The van der Waals surface area contributed by atoms with E-state index in [4.69, 9.17) is 20.4 Å². The molecule has 0 amide bonds. The van der Waals surface area contributed by atoms with Gasteiger partial charge in [0, 0.05) is 72.7 Å². The number of hydrogen-bond donors (Lipinski definition) is 11. The summed E-state index contributed by atoms with van der Waals surface area (Å²) in [7, 11) is 0. The van der Waals surface area contributed by atoms with E-state index in [0.29, 0.717) is 36.5 Å². The largest absolute Gasteiger partial charge is 0.396 e. The maximum Gasteiger partial charge on any atom is 0.0460 e. The molecule has 9 atom stereocenters. The van der Waals surface area contributed by atoms with Crippen molar-refractivity contribution < 1.29 is 56.2 Å². The van der Waals surface area contributed by atoms with Gasteiger partial charge >= 0.3 is 0 Å². The molecule has 1 aliphatic carbocycles. The summed E-state index contributed by atoms with van der Waals surface area (Å²) in [6.07, 6.45) is 21.7. The normalized spacial score (nSPS) is 16.6. The molecule has 0 radical (unpaired) electrons. The third kappa shape index (κ3) is 27.5. The summed E-state index contributed by atoms with van der Waals surface area (Å²) >= 11 is 0. The summed E-state index contributed by atoms with van der Waals surface area (Å²) in [5.41, 5.74) is 3.89. The third-order valence-electron chi connectivity index (χ3n) is 13.4. The molecule has 3 rings (SSSR count). The van der Waals surface area contributed by atoms with E-state index in [1.807, 2.05) is 24.3 Å². The van der Waals surface area contributed by atoms with Gasteiger partial charge in [-0.3, -0.25) is 0 Å². The molecule has 0 aromatic heterocycles. The van der Waals surface area contributed by atoms with Crippen LogP contribution in [-0.2, 0) is 0 Å². The average Bonchev–Trinajstić information content (AvgIpc) is 3.36. The van der Waals surface area contributed by atoms with Crippen LogP contribution in [0.1, 0.15) is 145 Å². The summed E-state index contributed by atoms with van der Waals surface area (Å²) in [5.74, 6) is 1.94. The molecule has 0 bridgehead atoms. The zero-order valence-electron chi connectivity index (χ0n) is 40.6. The molecule has 9 unspecified atom stereocenters. The number of allylic oxidation sites excluding steroid dienone is 4. The molecule has 0 aliphatic heterocycles. The highest BCUT2D eigenvalue weighted by molar-refractivity contribution is 5.21. The standard InChI is InChI=1S/C19H32O3.C18H32O4.C18H30O4/c1-2-7-16(14-21)12-19(18-9-4-3-5-10-18)13-17(15-22)8-6-11-20;19-9-4-5-15(13-21)11-16(14-22)12-18(8-10-20)17-6-2-1-3-7-17;19-9-4-7-18(17-5-2-1-3-6-17)12-16(14-22)11-15(13-21)8-10-20/h3-5,9-10,16-17,19-22H,2,6-8,11-15H2,1H3;1-2,6,15-16,18-22H,3-5,7-14H2;1-3,5-6,15-16,18-22H,4,7-14H2. The summed E-state index contributed by atoms with van der Waals surface area (Å²) in [6, 6.07) is 20.6. The molecule has 0 saturated heterocycles. The fourth-order valence-corrected chi connectivity index (χ4v) is 9.68. The van der Waals surface area contributed by atoms with E-state index in [0.717, 1.165) is 103 Å². The van der Waals surface area contributed by atoms with E-state index in [9.17, 15) is 35.7 Å². The number of rotatable bonds is 36. The van der Waals surface area contributed by atoms with Crippen molar-refractivity contribution in [3.8, 4) is 0 Å². The van der Waals surface area contributed by atoms with E-state index >= 15 is 0 Å². The second kappa shape index (κ2) is 41.5. The number of aliphatic hydroxyl groups excluding tert-OH is 11. The molecule has 1 aliphatic rings. The van der Waals surface area contributed by atoms with Crippen molar-refractivity contribution in [2.45, 2.75) is 134 Å². The highest BCUT2D eigenvalue weighted by atomic mass is 16.3. The Hall–Kier alpha value is -2.52. The topological polar surface area (TPSA) is 223 Å². The van der Waals surface area contributed by atoms with Gasteiger partial charge in [0.05, 0.1) is 0 Å². The molecule has 11 nitrogen and oxygen atoms in total. The molecule has 380 valence electrons. The first kappa shape index (κ1) is 61.5. The minimum Gasteiger partial charge on any atom is -0.396 e. The highest BCUT2D eigenvalue weighted by Gasteiger charge is 2.24. The Morgan fingerprint density at radius 1 is 0.394 bits per heavy atom. The monoisotopic (exact) mass is 931 g/mol. The lowest BCUT2D eigenvalue weighted by Gasteiger charge is -2.27. The maximum absolute atomic E-state index is 9.68. The van der Waals surface area contributed by atoms with Crippen LogP contribution in [0, 0.1) is 41.4 Å². The van der Waals surface area contributed by atoms with Crippen LogP contribution in [0.3, 0.4) is 0 Å². The van der Waals surface area contributed by atoms with Crippen molar-refractivity contribution >= 4 is 0 Å². The Labute approximate surface area is 399 Å². The van der Waals surface area contributed by atoms with Crippen molar-refractivity contribution in [2.75, 3.05) is 72.7 Å². The second-order valence-electron chi connectivity index (χ2n) is 18.7. The Morgan fingerprint density at radius 2 is 0.803 bits per heavy atom. The predicted molar refractivity (Wildman–Crippen MR) is 267 cm³/mol. The van der Waals surface area contributed by atoms with Crippen LogP contribution >= 0.6 is 0 Å². The highest BCUT2D eigenvalue weighted by Crippen LogP contribution is 2.35. The van der Waals surface area contributed by atoms with Crippen LogP contribution in [0.4, 0.5) is 0 Å². The number of benzene rings is 2. The molecular weight excluding hydrogens is 837 g/mol. The maximum atomic E-state index is 9.68. The van der Waals surface area contributed by atoms with E-state index in [1.54, 1.807) is 0 Å². The molecule has 0 fully saturated rings. The van der Waals surface area contributed by atoms with Gasteiger partial charge in [-0.15, -0.1) is 0 Å². The SMILES string of the molecule is CCCC(CO)CC(CC(CO)CCCO)c1ccccc1.OCCCC(CC(CO)CC(CO)CCO)c1ccccc1.OCCCC(CO)CC(CO)CC(CCO)C1=CC=CCC1. The van der Waals surface area contributed by atoms with Crippen molar-refractivity contribution in [1.82, 2.24) is 0 Å². The zero-order chi connectivity index (χ0) is 48.6. The van der Waals surface area contributed by atoms with Crippen molar-refractivity contribution in [2.24, 2.45) is 41.4 Å². The summed E-state index contributed by atoms with van der Waals surface area (Å²) in [6.45, 7) is 3.64. The quantitative estimate of drug-likeness (QED) is 0.0326. The van der Waals surface area contributed by atoms with E-state index in [-0.39, 0.29) is 102 Å². The van der Waals surface area contributed by atoms with Gasteiger partial charge in [0.25, 0.3) is 0 Å². The van der Waals surface area contributed by atoms with Gasteiger partial charge in [0.1, 0.15) is 0 Å². The minimum absolute atomic E-state index is 0.0383. The molecule has 0 spiro atoms. The first-order valence-electron chi connectivity index (χ1n) is 25.4. The van der Waals surface area contributed by atoms with Gasteiger partial charge in [-0.25, -0.2) is 0 Å². The molecule has 11 heteroatoms. The number of hydrogen-bond acceptors (Lipinski definition) is 11. The van der Waals surface area contributed by atoms with Gasteiger partial charge in [0.15, 0.2) is 0 Å².